The maximum atomic E-state index is 12.0. The normalized spacial score (nSPS) is 15.9. The van der Waals surface area contributed by atoms with Gasteiger partial charge in [-0.2, -0.15) is 0 Å². The van der Waals surface area contributed by atoms with E-state index in [-0.39, 0.29) is 23.7 Å². The molecule has 1 saturated heterocycles. The lowest BCUT2D eigenvalue weighted by Gasteiger charge is -2.15. The molecule has 0 saturated carbocycles. The van der Waals surface area contributed by atoms with Crippen LogP contribution in [0.4, 0.5) is 4.79 Å². The molecule has 1 aliphatic rings. The number of amides is 5. The number of hydrogen-bond donors (Lipinski definition) is 3. The lowest BCUT2D eigenvalue weighted by atomic mass is 10.1. The smallest absolute Gasteiger partial charge is 0.324 e. The van der Waals surface area contributed by atoms with E-state index in [1.165, 1.54) is 18.3 Å². The molecule has 24 heavy (non-hydrogen) atoms. The minimum atomic E-state index is -0.983. The van der Waals surface area contributed by atoms with Crippen LogP contribution < -0.4 is 16.2 Å². The van der Waals surface area contributed by atoms with E-state index in [9.17, 15) is 19.2 Å². The summed E-state index contributed by atoms with van der Waals surface area (Å²) in [6.45, 7) is 3.07. The van der Waals surface area contributed by atoms with Crippen LogP contribution in [0.5, 0.6) is 0 Å². The zero-order chi connectivity index (χ0) is 17.9. The highest BCUT2D eigenvalue weighted by Crippen LogP contribution is 2.16. The number of imide groups is 1. The number of hydrogen-bond acceptors (Lipinski definition) is 5. The number of hydrazine groups is 1. The number of nitrogens with one attached hydrogen (secondary N) is 3. The van der Waals surface area contributed by atoms with Gasteiger partial charge in [0.15, 0.2) is 0 Å². The Balaban J connectivity index is 1.80. The number of carbonyl (C=O) groups excluding carboxylic acids is 4. The first-order chi connectivity index (χ1) is 11.2. The average Bonchev–Trinajstić information content (AvgIpc) is 2.71. The summed E-state index contributed by atoms with van der Waals surface area (Å²) in [5, 5.41) is 2.75. The van der Waals surface area contributed by atoms with E-state index in [0.29, 0.717) is 0 Å². The number of halogens is 1. The van der Waals surface area contributed by atoms with Crippen LogP contribution in [0.3, 0.4) is 0 Å². The SMILES string of the molecule is CC1(C)NC(=O)N(CCC(=O)NNC(=O)c2ccc(Cl)nc2)C1=O. The summed E-state index contributed by atoms with van der Waals surface area (Å²) in [6, 6.07) is 2.35. The molecule has 5 amide bonds. The molecule has 0 bridgehead atoms. The molecule has 0 aromatic carbocycles. The molecule has 3 N–H and O–H groups in total. The van der Waals surface area contributed by atoms with Gasteiger partial charge in [-0.1, -0.05) is 11.6 Å². The average molecular weight is 354 g/mol. The number of nitrogens with zero attached hydrogens (tertiary/aromatic N) is 2. The van der Waals surface area contributed by atoms with Gasteiger partial charge in [-0.05, 0) is 26.0 Å². The molecule has 0 spiro atoms. The largest absolute Gasteiger partial charge is 0.325 e. The fourth-order valence-corrected chi connectivity index (χ4v) is 2.12. The molecule has 0 unspecified atom stereocenters. The van der Waals surface area contributed by atoms with Crippen molar-refractivity contribution in [1.82, 2.24) is 26.1 Å². The topological polar surface area (TPSA) is 120 Å². The second-order valence-corrected chi connectivity index (χ2v) is 6.02. The third-order valence-electron chi connectivity index (χ3n) is 3.31. The third kappa shape index (κ3) is 3.99. The van der Waals surface area contributed by atoms with Crippen molar-refractivity contribution in [2.45, 2.75) is 25.8 Å². The van der Waals surface area contributed by atoms with E-state index in [2.05, 4.69) is 21.2 Å². The van der Waals surface area contributed by atoms with E-state index in [1.807, 2.05) is 0 Å². The van der Waals surface area contributed by atoms with Gasteiger partial charge in [0, 0.05) is 19.2 Å². The predicted octanol–water partition coefficient (Wildman–Crippen LogP) is 0.217. The summed E-state index contributed by atoms with van der Waals surface area (Å²) < 4.78 is 0. The van der Waals surface area contributed by atoms with Crippen molar-refractivity contribution in [3.63, 3.8) is 0 Å². The van der Waals surface area contributed by atoms with Crippen LogP contribution in [0.2, 0.25) is 5.15 Å². The molecule has 0 radical (unpaired) electrons. The van der Waals surface area contributed by atoms with E-state index in [0.717, 1.165) is 4.90 Å². The molecule has 9 nitrogen and oxygen atoms in total. The van der Waals surface area contributed by atoms with Crippen molar-refractivity contribution in [3.05, 3.63) is 29.0 Å². The van der Waals surface area contributed by atoms with Gasteiger partial charge < -0.3 is 5.32 Å². The highest BCUT2D eigenvalue weighted by molar-refractivity contribution is 6.29. The molecular formula is C14H16ClN5O4. The molecule has 1 aromatic heterocycles. The number of aromatic nitrogens is 1. The Bertz CT molecular complexity index is 689. The van der Waals surface area contributed by atoms with E-state index < -0.39 is 29.3 Å². The molecule has 0 atom stereocenters. The van der Waals surface area contributed by atoms with Crippen molar-refractivity contribution in [2.75, 3.05) is 6.54 Å². The Morgan fingerprint density at radius 2 is 2.00 bits per heavy atom. The molecule has 1 aliphatic heterocycles. The quantitative estimate of drug-likeness (QED) is 0.406. The molecule has 1 fully saturated rings. The van der Waals surface area contributed by atoms with Gasteiger partial charge in [0.2, 0.25) is 5.91 Å². The number of pyridine rings is 1. The van der Waals surface area contributed by atoms with Gasteiger partial charge in [0.05, 0.1) is 5.56 Å². The zero-order valence-electron chi connectivity index (χ0n) is 13.1. The van der Waals surface area contributed by atoms with Crippen molar-refractivity contribution < 1.29 is 19.2 Å². The van der Waals surface area contributed by atoms with E-state index in [4.69, 9.17) is 11.6 Å². The highest BCUT2D eigenvalue weighted by atomic mass is 35.5. The number of urea groups is 1. The maximum absolute atomic E-state index is 12.0. The van der Waals surface area contributed by atoms with Crippen molar-refractivity contribution in [2.24, 2.45) is 0 Å². The van der Waals surface area contributed by atoms with Crippen LogP contribution in [-0.2, 0) is 9.59 Å². The minimum Gasteiger partial charge on any atom is -0.324 e. The van der Waals surface area contributed by atoms with Crippen LogP contribution in [-0.4, -0.2) is 45.7 Å². The number of rotatable bonds is 4. The van der Waals surface area contributed by atoms with Gasteiger partial charge >= 0.3 is 6.03 Å². The van der Waals surface area contributed by atoms with Gasteiger partial charge in [0.25, 0.3) is 11.8 Å². The Morgan fingerprint density at radius 1 is 1.29 bits per heavy atom. The van der Waals surface area contributed by atoms with Gasteiger partial charge in [0.1, 0.15) is 10.7 Å². The molecule has 0 aliphatic carbocycles. The Kier molecular flexibility index (Phi) is 5.03. The first-order valence-electron chi connectivity index (χ1n) is 7.05. The molecular weight excluding hydrogens is 338 g/mol. The Hall–Kier alpha value is -2.68. The molecule has 10 heteroatoms. The summed E-state index contributed by atoms with van der Waals surface area (Å²) in [5.74, 6) is -1.52. The van der Waals surface area contributed by atoms with Crippen LogP contribution >= 0.6 is 11.6 Å². The van der Waals surface area contributed by atoms with Crippen LogP contribution in [0, 0.1) is 0 Å². The first kappa shape index (κ1) is 17.7. The van der Waals surface area contributed by atoms with E-state index in [1.54, 1.807) is 13.8 Å². The van der Waals surface area contributed by atoms with Gasteiger partial charge in [-0.15, -0.1) is 0 Å². The fraction of sp³-hybridized carbons (Fsp3) is 0.357. The fourth-order valence-electron chi connectivity index (χ4n) is 2.01. The van der Waals surface area contributed by atoms with Crippen LogP contribution in [0.15, 0.2) is 18.3 Å². The van der Waals surface area contributed by atoms with Gasteiger partial charge in [-0.25, -0.2) is 9.78 Å². The Morgan fingerprint density at radius 3 is 2.54 bits per heavy atom. The summed E-state index contributed by atoms with van der Waals surface area (Å²) in [4.78, 5) is 51.8. The maximum Gasteiger partial charge on any atom is 0.325 e. The van der Waals surface area contributed by atoms with Crippen LogP contribution in [0.1, 0.15) is 30.6 Å². The third-order valence-corrected chi connectivity index (χ3v) is 3.54. The van der Waals surface area contributed by atoms with Gasteiger partial charge in [-0.3, -0.25) is 30.1 Å². The molecule has 128 valence electrons. The zero-order valence-corrected chi connectivity index (χ0v) is 13.8. The molecule has 2 heterocycles. The minimum absolute atomic E-state index is 0.0850. The second-order valence-electron chi connectivity index (χ2n) is 5.63. The highest BCUT2D eigenvalue weighted by Gasteiger charge is 2.43. The summed E-state index contributed by atoms with van der Waals surface area (Å²) >= 11 is 5.61. The van der Waals surface area contributed by atoms with Crippen molar-refractivity contribution in [3.8, 4) is 0 Å². The molecule has 1 aromatic rings. The van der Waals surface area contributed by atoms with Crippen molar-refractivity contribution in [1.29, 1.82) is 0 Å². The summed E-state index contributed by atoms with van der Waals surface area (Å²) in [6.07, 6.45) is 1.12. The number of carbonyl (C=O) groups is 4. The molecule has 2 rings (SSSR count). The second kappa shape index (κ2) is 6.83. The Labute approximate surface area is 142 Å². The first-order valence-corrected chi connectivity index (χ1v) is 7.43. The van der Waals surface area contributed by atoms with Crippen molar-refractivity contribution >= 4 is 35.4 Å². The monoisotopic (exact) mass is 353 g/mol. The lowest BCUT2D eigenvalue weighted by Crippen LogP contribution is -2.44. The standard InChI is InChI=1S/C14H16ClN5O4/c1-14(2)12(23)20(13(24)17-14)6-5-10(21)18-19-11(22)8-3-4-9(15)16-7-8/h3-4,7H,5-6H2,1-2H3,(H,17,24)(H,18,21)(H,19,22). The summed E-state index contributed by atoms with van der Waals surface area (Å²) in [5.41, 5.74) is 3.64. The van der Waals surface area contributed by atoms with Crippen LogP contribution in [0.25, 0.3) is 0 Å². The van der Waals surface area contributed by atoms with E-state index >= 15 is 0 Å². The summed E-state index contributed by atoms with van der Waals surface area (Å²) in [7, 11) is 0. The lowest BCUT2D eigenvalue weighted by molar-refractivity contribution is -0.130. The predicted molar refractivity (Wildman–Crippen MR) is 83.8 cm³/mol.